The number of phenols is 1. The Hall–Kier alpha value is -1.81. The zero-order chi connectivity index (χ0) is 12.4. The number of aromatic hydroxyl groups is 1. The molecular weight excluding hydrogens is 214 g/mol. The summed E-state index contributed by atoms with van der Waals surface area (Å²) in [6, 6.07) is 9.15. The first kappa shape index (κ1) is 11.7. The van der Waals surface area contributed by atoms with Gasteiger partial charge in [0, 0.05) is 12.2 Å². The van der Waals surface area contributed by atoms with E-state index in [-0.39, 0.29) is 5.75 Å². The van der Waals surface area contributed by atoms with E-state index in [4.69, 9.17) is 5.73 Å². The average Bonchev–Trinajstić information content (AvgIpc) is 2.73. The van der Waals surface area contributed by atoms with E-state index in [1.807, 2.05) is 18.2 Å². The monoisotopic (exact) mass is 231 g/mol. The number of para-hydroxylation sites is 2. The molecule has 4 nitrogen and oxygen atoms in total. The van der Waals surface area contributed by atoms with Crippen LogP contribution in [0.2, 0.25) is 0 Å². The Morgan fingerprint density at radius 3 is 2.65 bits per heavy atom. The van der Waals surface area contributed by atoms with Crippen LogP contribution in [0.4, 0.5) is 0 Å². The Kier molecular flexibility index (Phi) is 3.15. The third-order valence-electron chi connectivity index (χ3n) is 2.70. The Balaban J connectivity index is 2.58. The predicted molar refractivity (Wildman–Crippen MR) is 67.2 cm³/mol. The molecule has 0 saturated heterocycles. The molecule has 0 radical (unpaired) electrons. The average molecular weight is 231 g/mol. The summed E-state index contributed by atoms with van der Waals surface area (Å²) < 4.78 is 1.77. The number of phenolic OH excluding ortho intramolecular Hbond substituents is 1. The number of aromatic nitrogens is 2. The molecule has 4 heteroatoms. The first-order chi connectivity index (χ1) is 8.13. The standard InChI is InChI=1S/C13H17N3O/c1-9(2)12-7-10(8-14)15-16(12)11-5-3-4-6-13(11)17/h3-7,9,17H,8,14H2,1-2H3. The van der Waals surface area contributed by atoms with E-state index < -0.39 is 0 Å². The Bertz CT molecular complexity index is 517. The van der Waals surface area contributed by atoms with E-state index in [1.165, 1.54) is 0 Å². The summed E-state index contributed by atoms with van der Waals surface area (Å²) >= 11 is 0. The number of nitrogens with two attached hydrogens (primary N) is 1. The minimum atomic E-state index is 0.223. The lowest BCUT2D eigenvalue weighted by Crippen LogP contribution is -2.04. The molecule has 0 bridgehead atoms. The second-order valence-electron chi connectivity index (χ2n) is 4.32. The smallest absolute Gasteiger partial charge is 0.141 e. The fraction of sp³-hybridized carbons (Fsp3) is 0.308. The number of rotatable bonds is 3. The van der Waals surface area contributed by atoms with E-state index in [0.29, 0.717) is 18.2 Å². The van der Waals surface area contributed by atoms with Gasteiger partial charge in [-0.3, -0.25) is 0 Å². The minimum absolute atomic E-state index is 0.223. The highest BCUT2D eigenvalue weighted by molar-refractivity contribution is 5.46. The van der Waals surface area contributed by atoms with Crippen molar-refractivity contribution in [3.8, 4) is 11.4 Å². The molecule has 0 saturated carbocycles. The van der Waals surface area contributed by atoms with Crippen LogP contribution in [-0.4, -0.2) is 14.9 Å². The van der Waals surface area contributed by atoms with Gasteiger partial charge in [0.15, 0.2) is 0 Å². The van der Waals surface area contributed by atoms with Gasteiger partial charge in [0.1, 0.15) is 11.4 Å². The molecule has 0 atom stereocenters. The Labute approximate surface area is 101 Å². The maximum absolute atomic E-state index is 9.86. The maximum atomic E-state index is 9.86. The Morgan fingerprint density at radius 2 is 2.06 bits per heavy atom. The predicted octanol–water partition coefficient (Wildman–Crippen LogP) is 2.16. The van der Waals surface area contributed by atoms with Crippen molar-refractivity contribution in [2.75, 3.05) is 0 Å². The van der Waals surface area contributed by atoms with Crippen molar-refractivity contribution in [3.05, 3.63) is 41.7 Å². The van der Waals surface area contributed by atoms with Crippen LogP contribution in [0, 0.1) is 0 Å². The highest BCUT2D eigenvalue weighted by atomic mass is 16.3. The van der Waals surface area contributed by atoms with Gasteiger partial charge in [0.05, 0.1) is 5.69 Å². The molecule has 0 fully saturated rings. The molecule has 0 spiro atoms. The van der Waals surface area contributed by atoms with Crippen molar-refractivity contribution in [3.63, 3.8) is 0 Å². The number of hydrogen-bond donors (Lipinski definition) is 2. The molecule has 1 aromatic heterocycles. The maximum Gasteiger partial charge on any atom is 0.141 e. The molecule has 3 N–H and O–H groups in total. The zero-order valence-electron chi connectivity index (χ0n) is 10.1. The second kappa shape index (κ2) is 4.59. The van der Waals surface area contributed by atoms with Crippen LogP contribution < -0.4 is 5.73 Å². The van der Waals surface area contributed by atoms with Crippen molar-refractivity contribution in [1.29, 1.82) is 0 Å². The van der Waals surface area contributed by atoms with Crippen molar-refractivity contribution < 1.29 is 5.11 Å². The molecule has 0 aliphatic rings. The molecule has 0 amide bonds. The van der Waals surface area contributed by atoms with E-state index >= 15 is 0 Å². The van der Waals surface area contributed by atoms with E-state index in [9.17, 15) is 5.11 Å². The van der Waals surface area contributed by atoms with Crippen molar-refractivity contribution >= 4 is 0 Å². The second-order valence-corrected chi connectivity index (χ2v) is 4.32. The third kappa shape index (κ3) is 2.17. The lowest BCUT2D eigenvalue weighted by molar-refractivity contribution is 0.469. The van der Waals surface area contributed by atoms with Crippen LogP contribution in [-0.2, 0) is 6.54 Å². The summed E-state index contributed by atoms with van der Waals surface area (Å²) in [6.45, 7) is 4.59. The molecule has 2 aromatic rings. The minimum Gasteiger partial charge on any atom is -0.506 e. The number of hydrogen-bond acceptors (Lipinski definition) is 3. The number of nitrogens with zero attached hydrogens (tertiary/aromatic N) is 2. The highest BCUT2D eigenvalue weighted by Gasteiger charge is 2.13. The van der Waals surface area contributed by atoms with Gasteiger partial charge in [0.25, 0.3) is 0 Å². The molecule has 0 aliphatic carbocycles. The van der Waals surface area contributed by atoms with Gasteiger partial charge in [-0.2, -0.15) is 5.10 Å². The van der Waals surface area contributed by atoms with Gasteiger partial charge in [-0.15, -0.1) is 0 Å². The topological polar surface area (TPSA) is 64.1 Å². The Morgan fingerprint density at radius 1 is 1.35 bits per heavy atom. The van der Waals surface area contributed by atoms with Crippen molar-refractivity contribution in [2.24, 2.45) is 5.73 Å². The first-order valence-corrected chi connectivity index (χ1v) is 5.70. The molecule has 17 heavy (non-hydrogen) atoms. The van der Waals surface area contributed by atoms with Gasteiger partial charge in [-0.25, -0.2) is 4.68 Å². The summed E-state index contributed by atoms with van der Waals surface area (Å²) in [5, 5.41) is 14.3. The van der Waals surface area contributed by atoms with Crippen LogP contribution in [0.1, 0.15) is 31.2 Å². The fourth-order valence-corrected chi connectivity index (χ4v) is 1.79. The summed E-state index contributed by atoms with van der Waals surface area (Å²) in [7, 11) is 0. The lowest BCUT2D eigenvalue weighted by atomic mass is 10.1. The van der Waals surface area contributed by atoms with Crippen LogP contribution in [0.3, 0.4) is 0 Å². The largest absolute Gasteiger partial charge is 0.506 e. The fourth-order valence-electron chi connectivity index (χ4n) is 1.79. The zero-order valence-corrected chi connectivity index (χ0v) is 10.1. The first-order valence-electron chi connectivity index (χ1n) is 5.70. The van der Waals surface area contributed by atoms with Crippen LogP contribution in [0.15, 0.2) is 30.3 Å². The van der Waals surface area contributed by atoms with Crippen molar-refractivity contribution in [1.82, 2.24) is 9.78 Å². The molecule has 1 heterocycles. The number of benzene rings is 1. The quantitative estimate of drug-likeness (QED) is 0.850. The molecule has 1 aromatic carbocycles. The summed E-state index contributed by atoms with van der Waals surface area (Å²) in [6.07, 6.45) is 0. The summed E-state index contributed by atoms with van der Waals surface area (Å²) in [5.41, 5.74) is 8.18. The normalized spacial score (nSPS) is 11.1. The van der Waals surface area contributed by atoms with Gasteiger partial charge in [-0.1, -0.05) is 26.0 Å². The molecular formula is C13H17N3O. The van der Waals surface area contributed by atoms with Crippen LogP contribution >= 0.6 is 0 Å². The lowest BCUT2D eigenvalue weighted by Gasteiger charge is -2.11. The van der Waals surface area contributed by atoms with Gasteiger partial charge in [0.2, 0.25) is 0 Å². The van der Waals surface area contributed by atoms with E-state index in [1.54, 1.807) is 16.8 Å². The molecule has 0 unspecified atom stereocenters. The van der Waals surface area contributed by atoms with Gasteiger partial charge in [-0.05, 0) is 24.1 Å². The van der Waals surface area contributed by atoms with Crippen LogP contribution in [0.25, 0.3) is 5.69 Å². The van der Waals surface area contributed by atoms with E-state index in [2.05, 4.69) is 18.9 Å². The summed E-state index contributed by atoms with van der Waals surface area (Å²) in [4.78, 5) is 0. The molecule has 0 aliphatic heterocycles. The summed E-state index contributed by atoms with van der Waals surface area (Å²) in [5.74, 6) is 0.545. The SMILES string of the molecule is CC(C)c1cc(CN)nn1-c1ccccc1O. The molecule has 2 rings (SSSR count). The van der Waals surface area contributed by atoms with Gasteiger partial charge >= 0.3 is 0 Å². The van der Waals surface area contributed by atoms with Gasteiger partial charge < -0.3 is 10.8 Å². The van der Waals surface area contributed by atoms with E-state index in [0.717, 1.165) is 11.4 Å². The third-order valence-corrected chi connectivity index (χ3v) is 2.70. The highest BCUT2D eigenvalue weighted by Crippen LogP contribution is 2.25. The van der Waals surface area contributed by atoms with Crippen LogP contribution in [0.5, 0.6) is 5.75 Å². The molecule has 90 valence electrons. The van der Waals surface area contributed by atoms with Crippen molar-refractivity contribution in [2.45, 2.75) is 26.3 Å².